The first kappa shape index (κ1) is 19.9. The lowest BCUT2D eigenvalue weighted by atomic mass is 10.1. The zero-order valence-corrected chi connectivity index (χ0v) is 16.7. The van der Waals surface area contributed by atoms with Crippen molar-refractivity contribution in [3.8, 4) is 0 Å². The van der Waals surface area contributed by atoms with E-state index in [0.717, 1.165) is 25.2 Å². The molecular formula is C23H29N3O2. The number of nitrogens with one attached hydrogen (secondary N) is 2. The zero-order chi connectivity index (χ0) is 19.9. The average molecular weight is 380 g/mol. The monoisotopic (exact) mass is 379 g/mol. The molecule has 0 aliphatic carbocycles. The van der Waals surface area contributed by atoms with Gasteiger partial charge in [0, 0.05) is 30.4 Å². The summed E-state index contributed by atoms with van der Waals surface area (Å²) in [5, 5.41) is 5.83. The second-order valence-electron chi connectivity index (χ2n) is 7.38. The van der Waals surface area contributed by atoms with Crippen LogP contribution in [0.1, 0.15) is 60.2 Å². The highest BCUT2D eigenvalue weighted by molar-refractivity contribution is 6.09. The minimum atomic E-state index is -0.214. The van der Waals surface area contributed by atoms with Crippen LogP contribution in [-0.4, -0.2) is 30.9 Å². The second-order valence-corrected chi connectivity index (χ2v) is 7.38. The molecule has 2 aromatic rings. The minimum absolute atomic E-state index is 0.0820. The summed E-state index contributed by atoms with van der Waals surface area (Å²) in [5.41, 5.74) is 2.73. The van der Waals surface area contributed by atoms with Gasteiger partial charge in [0.25, 0.3) is 11.8 Å². The Morgan fingerprint density at radius 2 is 1.64 bits per heavy atom. The first-order valence-electron chi connectivity index (χ1n) is 10.1. The number of hydrogen-bond acceptors (Lipinski definition) is 3. The van der Waals surface area contributed by atoms with E-state index in [9.17, 15) is 9.59 Å². The van der Waals surface area contributed by atoms with Crippen molar-refractivity contribution in [2.24, 2.45) is 0 Å². The van der Waals surface area contributed by atoms with E-state index in [2.05, 4.69) is 15.5 Å². The first-order valence-corrected chi connectivity index (χ1v) is 10.1. The maximum atomic E-state index is 12.7. The maximum Gasteiger partial charge on any atom is 0.255 e. The third-order valence-corrected chi connectivity index (χ3v) is 5.26. The molecule has 0 bridgehead atoms. The third-order valence-electron chi connectivity index (χ3n) is 5.26. The van der Waals surface area contributed by atoms with Crippen molar-refractivity contribution >= 4 is 23.2 Å². The molecule has 0 radical (unpaired) electrons. The number of carbonyl (C=O) groups is 2. The summed E-state index contributed by atoms with van der Waals surface area (Å²) in [5.74, 6) is -0.389. The van der Waals surface area contributed by atoms with Gasteiger partial charge in [0.2, 0.25) is 0 Å². The van der Waals surface area contributed by atoms with Crippen LogP contribution in [0.25, 0.3) is 0 Å². The normalized spacial score (nSPS) is 15.0. The highest BCUT2D eigenvalue weighted by atomic mass is 16.2. The van der Waals surface area contributed by atoms with Crippen LogP contribution in [0.5, 0.6) is 0 Å². The Labute approximate surface area is 167 Å². The molecule has 1 aliphatic rings. The SMILES string of the molecule is CC[C@@H](C)NC(=O)c1ccccc1NC(=O)c1ccc(N2CCCCC2)cc1. The quantitative estimate of drug-likeness (QED) is 0.779. The van der Waals surface area contributed by atoms with Gasteiger partial charge in [-0.3, -0.25) is 9.59 Å². The van der Waals surface area contributed by atoms with E-state index in [1.807, 2.05) is 44.2 Å². The fraction of sp³-hybridized carbons (Fsp3) is 0.391. The molecule has 28 heavy (non-hydrogen) atoms. The lowest BCUT2D eigenvalue weighted by Gasteiger charge is -2.28. The molecule has 0 spiro atoms. The largest absolute Gasteiger partial charge is 0.372 e. The van der Waals surface area contributed by atoms with Crippen LogP contribution in [0.15, 0.2) is 48.5 Å². The molecule has 2 N–H and O–H groups in total. The van der Waals surface area contributed by atoms with Gasteiger partial charge in [0.15, 0.2) is 0 Å². The van der Waals surface area contributed by atoms with Crippen molar-refractivity contribution in [3.63, 3.8) is 0 Å². The Balaban J connectivity index is 1.70. The molecule has 148 valence electrons. The number of nitrogens with zero attached hydrogens (tertiary/aromatic N) is 1. The Morgan fingerprint density at radius 1 is 0.964 bits per heavy atom. The lowest BCUT2D eigenvalue weighted by molar-refractivity contribution is 0.0940. The number of rotatable bonds is 6. The Hall–Kier alpha value is -2.82. The summed E-state index contributed by atoms with van der Waals surface area (Å²) in [4.78, 5) is 27.6. The molecule has 1 saturated heterocycles. The van der Waals surface area contributed by atoms with Gasteiger partial charge in [0.1, 0.15) is 0 Å². The van der Waals surface area contributed by atoms with Gasteiger partial charge in [0.05, 0.1) is 11.3 Å². The highest BCUT2D eigenvalue weighted by Gasteiger charge is 2.16. The van der Waals surface area contributed by atoms with Crippen LogP contribution >= 0.6 is 0 Å². The summed E-state index contributed by atoms with van der Waals surface area (Å²) in [6, 6.07) is 14.9. The summed E-state index contributed by atoms with van der Waals surface area (Å²) < 4.78 is 0. The molecule has 0 saturated carbocycles. The predicted octanol–water partition coefficient (Wildman–Crippen LogP) is 4.46. The number of amides is 2. The van der Waals surface area contributed by atoms with Gasteiger partial charge in [-0.2, -0.15) is 0 Å². The van der Waals surface area contributed by atoms with Crippen molar-refractivity contribution in [3.05, 3.63) is 59.7 Å². The van der Waals surface area contributed by atoms with Crippen LogP contribution in [0.3, 0.4) is 0 Å². The molecule has 2 aromatic carbocycles. The number of carbonyl (C=O) groups excluding carboxylic acids is 2. The molecule has 0 aromatic heterocycles. The molecule has 5 nitrogen and oxygen atoms in total. The summed E-state index contributed by atoms with van der Waals surface area (Å²) >= 11 is 0. The Morgan fingerprint density at radius 3 is 2.32 bits per heavy atom. The number of para-hydroxylation sites is 1. The minimum Gasteiger partial charge on any atom is -0.372 e. The van der Waals surface area contributed by atoms with Gasteiger partial charge in [-0.25, -0.2) is 0 Å². The van der Waals surface area contributed by atoms with Gasteiger partial charge < -0.3 is 15.5 Å². The van der Waals surface area contributed by atoms with E-state index in [-0.39, 0.29) is 17.9 Å². The topological polar surface area (TPSA) is 61.4 Å². The van der Waals surface area contributed by atoms with Crippen LogP contribution in [0.2, 0.25) is 0 Å². The third kappa shape index (κ3) is 4.91. The van der Waals surface area contributed by atoms with Gasteiger partial charge in [-0.1, -0.05) is 19.1 Å². The highest BCUT2D eigenvalue weighted by Crippen LogP contribution is 2.21. The predicted molar refractivity (Wildman–Crippen MR) is 114 cm³/mol. The second kappa shape index (κ2) is 9.40. The smallest absolute Gasteiger partial charge is 0.255 e. The van der Waals surface area contributed by atoms with Gasteiger partial charge >= 0.3 is 0 Å². The standard InChI is InChI=1S/C23H29N3O2/c1-3-17(2)24-23(28)20-9-5-6-10-21(20)25-22(27)18-11-13-19(14-12-18)26-15-7-4-8-16-26/h5-6,9-14,17H,3-4,7-8,15-16H2,1-2H3,(H,24,28)(H,25,27)/t17-/m1/s1. The molecule has 1 aliphatic heterocycles. The fourth-order valence-corrected chi connectivity index (χ4v) is 3.36. The van der Waals surface area contributed by atoms with Crippen LogP contribution < -0.4 is 15.5 Å². The zero-order valence-electron chi connectivity index (χ0n) is 16.7. The molecule has 1 heterocycles. The van der Waals surface area contributed by atoms with E-state index in [4.69, 9.17) is 0 Å². The number of benzene rings is 2. The molecular weight excluding hydrogens is 350 g/mol. The average Bonchev–Trinajstić information content (AvgIpc) is 2.74. The molecule has 5 heteroatoms. The number of piperidine rings is 1. The number of anilines is 2. The van der Waals surface area contributed by atoms with Crippen molar-refractivity contribution < 1.29 is 9.59 Å². The van der Waals surface area contributed by atoms with Gasteiger partial charge in [-0.15, -0.1) is 0 Å². The fourth-order valence-electron chi connectivity index (χ4n) is 3.36. The summed E-state index contributed by atoms with van der Waals surface area (Å²) in [6.07, 6.45) is 4.58. The molecule has 2 amide bonds. The van der Waals surface area contributed by atoms with E-state index in [0.29, 0.717) is 16.8 Å². The van der Waals surface area contributed by atoms with Crippen molar-refractivity contribution in [2.45, 2.75) is 45.6 Å². The Bertz CT molecular complexity index is 811. The van der Waals surface area contributed by atoms with Crippen molar-refractivity contribution in [1.82, 2.24) is 5.32 Å². The van der Waals surface area contributed by atoms with E-state index < -0.39 is 0 Å². The van der Waals surface area contributed by atoms with E-state index >= 15 is 0 Å². The first-order chi connectivity index (χ1) is 13.6. The number of hydrogen-bond donors (Lipinski definition) is 2. The van der Waals surface area contributed by atoms with Crippen LogP contribution in [0, 0.1) is 0 Å². The molecule has 1 fully saturated rings. The maximum absolute atomic E-state index is 12.7. The van der Waals surface area contributed by atoms with Crippen LogP contribution in [-0.2, 0) is 0 Å². The molecule has 3 rings (SSSR count). The molecule has 0 unspecified atom stereocenters. The molecule has 1 atom stereocenters. The summed E-state index contributed by atoms with van der Waals surface area (Å²) in [6.45, 7) is 6.13. The lowest BCUT2D eigenvalue weighted by Crippen LogP contribution is -2.32. The van der Waals surface area contributed by atoms with E-state index in [1.165, 1.54) is 19.3 Å². The Kier molecular flexibility index (Phi) is 6.69. The van der Waals surface area contributed by atoms with Crippen molar-refractivity contribution in [1.29, 1.82) is 0 Å². The van der Waals surface area contributed by atoms with Gasteiger partial charge in [-0.05, 0) is 69.0 Å². The van der Waals surface area contributed by atoms with Crippen molar-refractivity contribution in [2.75, 3.05) is 23.3 Å². The van der Waals surface area contributed by atoms with Crippen LogP contribution in [0.4, 0.5) is 11.4 Å². The van der Waals surface area contributed by atoms with E-state index in [1.54, 1.807) is 18.2 Å². The summed E-state index contributed by atoms with van der Waals surface area (Å²) in [7, 11) is 0.